The van der Waals surface area contributed by atoms with Crippen LogP contribution in [0.3, 0.4) is 0 Å². The van der Waals surface area contributed by atoms with Gasteiger partial charge in [-0.05, 0) is 18.6 Å². The molecule has 2 heterocycles. The van der Waals surface area contributed by atoms with Crippen molar-refractivity contribution < 1.29 is 5.11 Å². The molecule has 0 aliphatic rings. The maximum atomic E-state index is 8.77. The number of nitrogens with zero attached hydrogens (tertiary/aromatic N) is 3. The number of hydrogen-bond acceptors (Lipinski definition) is 6. The molecule has 3 N–H and O–H groups in total. The van der Waals surface area contributed by atoms with E-state index in [-0.39, 0.29) is 6.61 Å². The Kier molecular flexibility index (Phi) is 4.63. The van der Waals surface area contributed by atoms with Crippen molar-refractivity contribution in [1.82, 2.24) is 15.0 Å². The van der Waals surface area contributed by atoms with Crippen LogP contribution < -0.4 is 10.6 Å². The molecule has 0 aliphatic heterocycles. The molecular weight excluding hydrogens is 242 g/mol. The molecule has 2 aromatic rings. The Hall–Kier alpha value is -2.21. The Bertz CT molecular complexity index is 518. The SMILES string of the molecule is CNc1cc(-c2ccccn2)nc(NCCCO)n1. The number of aromatic nitrogens is 3. The molecule has 0 bridgehead atoms. The van der Waals surface area contributed by atoms with Crippen molar-refractivity contribution in [3.05, 3.63) is 30.5 Å². The standard InChI is InChI=1S/C13H17N5O/c1-14-12-9-11(10-5-2-3-6-15-10)17-13(18-12)16-7-4-8-19/h2-3,5-6,9,19H,4,7-8H2,1H3,(H2,14,16,17,18). The molecule has 6 heteroatoms. The van der Waals surface area contributed by atoms with Crippen LogP contribution in [-0.2, 0) is 0 Å². The van der Waals surface area contributed by atoms with Gasteiger partial charge in [0.05, 0.1) is 11.4 Å². The fraction of sp³-hybridized carbons (Fsp3) is 0.308. The zero-order chi connectivity index (χ0) is 13.5. The number of pyridine rings is 1. The van der Waals surface area contributed by atoms with Crippen molar-refractivity contribution in [1.29, 1.82) is 0 Å². The molecule has 19 heavy (non-hydrogen) atoms. The fourth-order valence-electron chi connectivity index (χ4n) is 1.58. The van der Waals surface area contributed by atoms with Gasteiger partial charge in [-0.15, -0.1) is 0 Å². The zero-order valence-corrected chi connectivity index (χ0v) is 10.8. The first-order chi connectivity index (χ1) is 9.33. The third-order valence-corrected chi connectivity index (χ3v) is 2.53. The Balaban J connectivity index is 2.26. The van der Waals surface area contributed by atoms with Crippen molar-refractivity contribution in [3.63, 3.8) is 0 Å². The number of anilines is 2. The first-order valence-corrected chi connectivity index (χ1v) is 6.16. The van der Waals surface area contributed by atoms with Crippen LogP contribution in [0.5, 0.6) is 0 Å². The molecule has 2 aromatic heterocycles. The maximum absolute atomic E-state index is 8.77. The van der Waals surface area contributed by atoms with E-state index < -0.39 is 0 Å². The molecule has 0 aromatic carbocycles. The van der Waals surface area contributed by atoms with Crippen molar-refractivity contribution in [2.45, 2.75) is 6.42 Å². The van der Waals surface area contributed by atoms with Crippen molar-refractivity contribution in [2.75, 3.05) is 30.8 Å². The molecule has 0 spiro atoms. The molecule has 0 atom stereocenters. The molecule has 0 unspecified atom stereocenters. The minimum absolute atomic E-state index is 0.145. The number of aliphatic hydroxyl groups excluding tert-OH is 1. The summed E-state index contributed by atoms with van der Waals surface area (Å²) < 4.78 is 0. The van der Waals surface area contributed by atoms with Crippen molar-refractivity contribution >= 4 is 11.8 Å². The van der Waals surface area contributed by atoms with Crippen LogP contribution >= 0.6 is 0 Å². The van der Waals surface area contributed by atoms with Gasteiger partial charge in [0.15, 0.2) is 0 Å². The molecule has 6 nitrogen and oxygen atoms in total. The van der Waals surface area contributed by atoms with E-state index in [1.165, 1.54) is 0 Å². The highest BCUT2D eigenvalue weighted by Gasteiger charge is 2.06. The second-order valence-corrected chi connectivity index (χ2v) is 3.93. The van der Waals surface area contributed by atoms with E-state index in [1.807, 2.05) is 31.3 Å². The van der Waals surface area contributed by atoms with Gasteiger partial charge in [-0.1, -0.05) is 6.07 Å². The largest absolute Gasteiger partial charge is 0.396 e. The normalized spacial score (nSPS) is 10.2. The van der Waals surface area contributed by atoms with Crippen LogP contribution in [0, 0.1) is 0 Å². The van der Waals surface area contributed by atoms with E-state index in [9.17, 15) is 0 Å². The van der Waals surface area contributed by atoms with Gasteiger partial charge in [-0.25, -0.2) is 4.98 Å². The van der Waals surface area contributed by atoms with Crippen LogP contribution in [0.25, 0.3) is 11.4 Å². The van der Waals surface area contributed by atoms with E-state index in [1.54, 1.807) is 6.20 Å². The second kappa shape index (κ2) is 6.65. The number of hydrogen-bond donors (Lipinski definition) is 3. The number of nitrogens with one attached hydrogen (secondary N) is 2. The summed E-state index contributed by atoms with van der Waals surface area (Å²) in [6.07, 6.45) is 2.39. The topological polar surface area (TPSA) is 83.0 Å². The third-order valence-electron chi connectivity index (χ3n) is 2.53. The Morgan fingerprint density at radius 1 is 1.21 bits per heavy atom. The smallest absolute Gasteiger partial charge is 0.225 e. The van der Waals surface area contributed by atoms with Gasteiger partial charge >= 0.3 is 0 Å². The minimum atomic E-state index is 0.145. The summed E-state index contributed by atoms with van der Waals surface area (Å²) in [5, 5.41) is 14.9. The van der Waals surface area contributed by atoms with Crippen molar-refractivity contribution in [3.8, 4) is 11.4 Å². The number of rotatable bonds is 6. The molecule has 2 rings (SSSR count). The highest BCUT2D eigenvalue weighted by atomic mass is 16.3. The van der Waals surface area contributed by atoms with Crippen LogP contribution in [0.2, 0.25) is 0 Å². The summed E-state index contributed by atoms with van der Waals surface area (Å²) >= 11 is 0. The fourth-order valence-corrected chi connectivity index (χ4v) is 1.58. The Morgan fingerprint density at radius 2 is 2.11 bits per heavy atom. The van der Waals surface area contributed by atoms with E-state index in [0.29, 0.717) is 18.9 Å². The summed E-state index contributed by atoms with van der Waals surface area (Å²) in [6.45, 7) is 0.775. The summed E-state index contributed by atoms with van der Waals surface area (Å²) in [5.41, 5.74) is 1.55. The molecule has 0 saturated heterocycles. The van der Waals surface area contributed by atoms with Crippen molar-refractivity contribution in [2.24, 2.45) is 0 Å². The lowest BCUT2D eigenvalue weighted by Gasteiger charge is -2.08. The van der Waals surface area contributed by atoms with Crippen LogP contribution in [0.15, 0.2) is 30.5 Å². The molecule has 100 valence electrons. The predicted octanol–water partition coefficient (Wildman–Crippen LogP) is 1.37. The van der Waals surface area contributed by atoms with Gasteiger partial charge in [0.25, 0.3) is 0 Å². The molecule has 0 saturated carbocycles. The Labute approximate surface area is 112 Å². The molecule has 0 amide bonds. The highest BCUT2D eigenvalue weighted by Crippen LogP contribution is 2.18. The summed E-state index contributed by atoms with van der Waals surface area (Å²) in [6, 6.07) is 7.53. The average Bonchev–Trinajstić information content (AvgIpc) is 2.48. The van der Waals surface area contributed by atoms with Gasteiger partial charge in [0, 0.05) is 32.5 Å². The van der Waals surface area contributed by atoms with Gasteiger partial charge < -0.3 is 15.7 Å². The third kappa shape index (κ3) is 3.62. The summed E-state index contributed by atoms with van der Waals surface area (Å²) in [4.78, 5) is 13.0. The highest BCUT2D eigenvalue weighted by molar-refractivity contribution is 5.60. The van der Waals surface area contributed by atoms with Crippen LogP contribution in [-0.4, -0.2) is 40.3 Å². The summed E-state index contributed by atoms with van der Waals surface area (Å²) in [5.74, 6) is 1.25. The van der Waals surface area contributed by atoms with Gasteiger partial charge in [0.2, 0.25) is 5.95 Å². The molecule has 0 radical (unpaired) electrons. The van der Waals surface area contributed by atoms with Crippen LogP contribution in [0.4, 0.5) is 11.8 Å². The molecule has 0 fully saturated rings. The zero-order valence-electron chi connectivity index (χ0n) is 10.8. The van der Waals surface area contributed by atoms with E-state index in [2.05, 4.69) is 25.6 Å². The lowest BCUT2D eigenvalue weighted by Crippen LogP contribution is -2.08. The lowest BCUT2D eigenvalue weighted by molar-refractivity contribution is 0.292. The quantitative estimate of drug-likeness (QED) is 0.680. The summed E-state index contributed by atoms with van der Waals surface area (Å²) in [7, 11) is 1.81. The van der Waals surface area contributed by atoms with E-state index in [0.717, 1.165) is 17.2 Å². The van der Waals surface area contributed by atoms with Gasteiger partial charge in [0.1, 0.15) is 5.82 Å². The molecule has 0 aliphatic carbocycles. The van der Waals surface area contributed by atoms with E-state index in [4.69, 9.17) is 5.11 Å². The van der Waals surface area contributed by atoms with Gasteiger partial charge in [-0.2, -0.15) is 4.98 Å². The van der Waals surface area contributed by atoms with Crippen LogP contribution in [0.1, 0.15) is 6.42 Å². The average molecular weight is 259 g/mol. The second-order valence-electron chi connectivity index (χ2n) is 3.93. The Morgan fingerprint density at radius 3 is 2.79 bits per heavy atom. The first kappa shape index (κ1) is 13.2. The number of aliphatic hydroxyl groups is 1. The monoisotopic (exact) mass is 259 g/mol. The van der Waals surface area contributed by atoms with E-state index >= 15 is 0 Å². The molecular formula is C13H17N5O. The maximum Gasteiger partial charge on any atom is 0.225 e. The predicted molar refractivity (Wildman–Crippen MR) is 75.0 cm³/mol. The minimum Gasteiger partial charge on any atom is -0.396 e. The first-order valence-electron chi connectivity index (χ1n) is 6.16. The lowest BCUT2D eigenvalue weighted by atomic mass is 10.2. The van der Waals surface area contributed by atoms with Gasteiger partial charge in [-0.3, -0.25) is 4.98 Å².